The van der Waals surface area contributed by atoms with Crippen LogP contribution in [-0.4, -0.2) is 0 Å². The maximum Gasteiger partial charge on any atom is 0.0347 e. The summed E-state index contributed by atoms with van der Waals surface area (Å²) in [5.41, 5.74) is 8.91. The Balaban J connectivity index is 1.96. The molecule has 21 heavy (non-hydrogen) atoms. The summed E-state index contributed by atoms with van der Waals surface area (Å²) in [4.78, 5) is 0. The molecule has 0 aliphatic rings. The standard InChI is InChI=1S/C18H15BrIN/c19-17-9-8-14(20)11-16(17)18(21)10-13-6-3-5-12-4-1-2-7-15(12)13/h1-9,11,18H,10,21H2. The highest BCUT2D eigenvalue weighted by molar-refractivity contribution is 14.1. The Labute approximate surface area is 146 Å². The van der Waals surface area contributed by atoms with Crippen LogP contribution in [0.4, 0.5) is 0 Å². The van der Waals surface area contributed by atoms with Gasteiger partial charge in [0, 0.05) is 14.1 Å². The number of halogens is 2. The number of hydrogen-bond acceptors (Lipinski definition) is 1. The Bertz CT molecular complexity index is 780. The summed E-state index contributed by atoms with van der Waals surface area (Å²) in [6.45, 7) is 0. The van der Waals surface area contributed by atoms with Crippen molar-refractivity contribution in [1.82, 2.24) is 0 Å². The zero-order valence-electron chi connectivity index (χ0n) is 11.4. The van der Waals surface area contributed by atoms with Crippen LogP contribution in [0, 0.1) is 3.57 Å². The van der Waals surface area contributed by atoms with Crippen LogP contribution < -0.4 is 5.73 Å². The third-order valence-electron chi connectivity index (χ3n) is 3.68. The summed E-state index contributed by atoms with van der Waals surface area (Å²) in [5, 5.41) is 2.56. The molecule has 0 saturated heterocycles. The molecular formula is C18H15BrIN. The molecule has 0 bridgehead atoms. The molecule has 2 N–H and O–H groups in total. The van der Waals surface area contributed by atoms with Crippen LogP contribution in [0.3, 0.4) is 0 Å². The Morgan fingerprint density at radius 1 is 1.00 bits per heavy atom. The van der Waals surface area contributed by atoms with Gasteiger partial charge in [-0.2, -0.15) is 0 Å². The van der Waals surface area contributed by atoms with E-state index in [2.05, 4.69) is 99.2 Å². The summed E-state index contributed by atoms with van der Waals surface area (Å²) >= 11 is 5.94. The minimum atomic E-state index is -0.0140. The Kier molecular flexibility index (Phi) is 4.62. The van der Waals surface area contributed by atoms with E-state index >= 15 is 0 Å². The SMILES string of the molecule is NC(Cc1cccc2ccccc12)c1cc(I)ccc1Br. The molecule has 3 aromatic carbocycles. The number of benzene rings is 3. The smallest absolute Gasteiger partial charge is 0.0347 e. The van der Waals surface area contributed by atoms with Crippen molar-refractivity contribution < 1.29 is 0 Å². The first kappa shape index (κ1) is 15.0. The van der Waals surface area contributed by atoms with Gasteiger partial charge >= 0.3 is 0 Å². The van der Waals surface area contributed by atoms with Gasteiger partial charge in [-0.05, 0) is 69.1 Å². The van der Waals surface area contributed by atoms with Gasteiger partial charge in [0.25, 0.3) is 0 Å². The number of hydrogen-bond donors (Lipinski definition) is 1. The lowest BCUT2D eigenvalue weighted by Crippen LogP contribution is -2.14. The van der Waals surface area contributed by atoms with E-state index in [-0.39, 0.29) is 6.04 Å². The molecule has 3 aromatic rings. The maximum absolute atomic E-state index is 6.45. The first-order valence-electron chi connectivity index (χ1n) is 6.82. The Morgan fingerprint density at radius 3 is 2.62 bits per heavy atom. The molecule has 1 unspecified atom stereocenters. The van der Waals surface area contributed by atoms with Crippen LogP contribution in [-0.2, 0) is 6.42 Å². The maximum atomic E-state index is 6.45. The lowest BCUT2D eigenvalue weighted by Gasteiger charge is -2.16. The van der Waals surface area contributed by atoms with Crippen molar-refractivity contribution in [3.05, 3.63) is 79.8 Å². The Hall–Kier alpha value is -0.910. The van der Waals surface area contributed by atoms with Gasteiger partial charge in [-0.15, -0.1) is 0 Å². The van der Waals surface area contributed by atoms with E-state index in [9.17, 15) is 0 Å². The highest BCUT2D eigenvalue weighted by atomic mass is 127. The fraction of sp³-hybridized carbons (Fsp3) is 0.111. The third kappa shape index (κ3) is 3.30. The van der Waals surface area contributed by atoms with Crippen molar-refractivity contribution in [2.75, 3.05) is 0 Å². The van der Waals surface area contributed by atoms with Crippen LogP contribution in [0.2, 0.25) is 0 Å². The summed E-state index contributed by atoms with van der Waals surface area (Å²) in [6.07, 6.45) is 0.833. The molecule has 0 fully saturated rings. The van der Waals surface area contributed by atoms with Crippen LogP contribution in [0.1, 0.15) is 17.2 Å². The van der Waals surface area contributed by atoms with E-state index in [1.54, 1.807) is 0 Å². The van der Waals surface area contributed by atoms with E-state index in [4.69, 9.17) is 5.73 Å². The highest BCUT2D eigenvalue weighted by Crippen LogP contribution is 2.28. The molecule has 106 valence electrons. The van der Waals surface area contributed by atoms with Crippen molar-refractivity contribution >= 4 is 49.3 Å². The van der Waals surface area contributed by atoms with E-state index in [1.807, 2.05) is 0 Å². The van der Waals surface area contributed by atoms with Gasteiger partial charge < -0.3 is 5.73 Å². The predicted molar refractivity (Wildman–Crippen MR) is 101 cm³/mol. The molecule has 3 heteroatoms. The molecule has 0 saturated carbocycles. The summed E-state index contributed by atoms with van der Waals surface area (Å²) < 4.78 is 2.29. The van der Waals surface area contributed by atoms with Gasteiger partial charge in [0.05, 0.1) is 0 Å². The zero-order chi connectivity index (χ0) is 14.8. The van der Waals surface area contributed by atoms with E-state index in [0.717, 1.165) is 16.5 Å². The van der Waals surface area contributed by atoms with Gasteiger partial charge in [0.15, 0.2) is 0 Å². The van der Waals surface area contributed by atoms with E-state index in [0.29, 0.717) is 0 Å². The lowest BCUT2D eigenvalue weighted by molar-refractivity contribution is 0.721. The molecule has 0 aliphatic heterocycles. The number of rotatable bonds is 3. The molecule has 0 radical (unpaired) electrons. The molecule has 3 rings (SSSR count). The second-order valence-corrected chi connectivity index (χ2v) is 7.21. The molecular weight excluding hydrogens is 437 g/mol. The normalized spacial score (nSPS) is 12.5. The molecule has 0 spiro atoms. The van der Waals surface area contributed by atoms with Crippen LogP contribution in [0.25, 0.3) is 10.8 Å². The quantitative estimate of drug-likeness (QED) is 0.526. The second kappa shape index (κ2) is 6.46. The lowest BCUT2D eigenvalue weighted by atomic mass is 9.95. The minimum Gasteiger partial charge on any atom is -0.324 e. The van der Waals surface area contributed by atoms with Gasteiger partial charge in [0.2, 0.25) is 0 Å². The molecule has 1 nitrogen and oxygen atoms in total. The molecule has 0 aliphatic carbocycles. The fourth-order valence-electron chi connectivity index (χ4n) is 2.62. The fourth-order valence-corrected chi connectivity index (χ4v) is 3.67. The summed E-state index contributed by atoms with van der Waals surface area (Å²) in [5.74, 6) is 0. The van der Waals surface area contributed by atoms with Gasteiger partial charge in [-0.1, -0.05) is 58.4 Å². The van der Waals surface area contributed by atoms with Crippen molar-refractivity contribution in [2.45, 2.75) is 12.5 Å². The minimum absolute atomic E-state index is 0.0140. The van der Waals surface area contributed by atoms with Gasteiger partial charge in [-0.25, -0.2) is 0 Å². The second-order valence-electron chi connectivity index (χ2n) is 5.11. The Morgan fingerprint density at radius 2 is 1.76 bits per heavy atom. The molecule has 0 heterocycles. The largest absolute Gasteiger partial charge is 0.324 e. The number of fused-ring (bicyclic) bond motifs is 1. The van der Waals surface area contributed by atoms with Crippen molar-refractivity contribution in [3.8, 4) is 0 Å². The van der Waals surface area contributed by atoms with E-state index in [1.165, 1.54) is 19.9 Å². The predicted octanol–water partition coefficient (Wildman–Crippen LogP) is 5.45. The first-order chi connectivity index (χ1) is 10.1. The molecule has 1 atom stereocenters. The van der Waals surface area contributed by atoms with Crippen molar-refractivity contribution in [1.29, 1.82) is 0 Å². The average Bonchev–Trinajstić information content (AvgIpc) is 2.50. The average molecular weight is 452 g/mol. The summed E-state index contributed by atoms with van der Waals surface area (Å²) in [6, 6.07) is 21.2. The van der Waals surface area contributed by atoms with Crippen molar-refractivity contribution in [3.63, 3.8) is 0 Å². The molecule has 0 aromatic heterocycles. The van der Waals surface area contributed by atoms with Gasteiger partial charge in [0.1, 0.15) is 0 Å². The summed E-state index contributed by atoms with van der Waals surface area (Å²) in [7, 11) is 0. The number of nitrogens with two attached hydrogens (primary N) is 1. The first-order valence-corrected chi connectivity index (χ1v) is 8.69. The van der Waals surface area contributed by atoms with Crippen LogP contribution in [0.15, 0.2) is 65.1 Å². The topological polar surface area (TPSA) is 26.0 Å². The van der Waals surface area contributed by atoms with Crippen molar-refractivity contribution in [2.24, 2.45) is 5.73 Å². The third-order valence-corrected chi connectivity index (χ3v) is 5.07. The van der Waals surface area contributed by atoms with E-state index < -0.39 is 0 Å². The van der Waals surface area contributed by atoms with Gasteiger partial charge in [-0.3, -0.25) is 0 Å². The monoisotopic (exact) mass is 451 g/mol. The zero-order valence-corrected chi connectivity index (χ0v) is 15.1. The highest BCUT2D eigenvalue weighted by Gasteiger charge is 2.12. The molecule has 0 amide bonds. The van der Waals surface area contributed by atoms with Crippen LogP contribution in [0.5, 0.6) is 0 Å². The van der Waals surface area contributed by atoms with Crippen LogP contribution >= 0.6 is 38.5 Å².